The minimum atomic E-state index is -1.18. The minimum absolute atomic E-state index is 0.0246. The molecule has 0 spiro atoms. The van der Waals surface area contributed by atoms with E-state index in [-0.39, 0.29) is 11.5 Å². The van der Waals surface area contributed by atoms with Crippen molar-refractivity contribution in [2.45, 2.75) is 38.9 Å². The Kier molecular flexibility index (Phi) is 5.56. The van der Waals surface area contributed by atoms with E-state index in [2.05, 4.69) is 15.9 Å². The highest BCUT2D eigenvalue weighted by atomic mass is 79.9. The van der Waals surface area contributed by atoms with Crippen molar-refractivity contribution in [1.82, 2.24) is 0 Å². The van der Waals surface area contributed by atoms with E-state index in [1.54, 1.807) is 12.1 Å². The van der Waals surface area contributed by atoms with Crippen LogP contribution in [0.4, 0.5) is 4.39 Å². The van der Waals surface area contributed by atoms with Crippen LogP contribution in [0.15, 0.2) is 22.7 Å². The summed E-state index contributed by atoms with van der Waals surface area (Å²) in [6.45, 7) is 3.89. The molecular formula is C13H18BrFO2. The second-order valence-corrected chi connectivity index (χ2v) is 5.01. The first-order chi connectivity index (χ1) is 8.02. The molecule has 1 aromatic carbocycles. The lowest BCUT2D eigenvalue weighted by Gasteiger charge is -2.25. The first kappa shape index (κ1) is 14.6. The Morgan fingerprint density at radius 3 is 2.35 bits per heavy atom. The van der Waals surface area contributed by atoms with E-state index in [0.717, 1.165) is 12.8 Å². The van der Waals surface area contributed by atoms with E-state index < -0.39 is 18.0 Å². The fourth-order valence-corrected chi connectivity index (χ4v) is 2.34. The molecule has 2 N–H and O–H groups in total. The Morgan fingerprint density at radius 2 is 1.82 bits per heavy atom. The maximum Gasteiger partial charge on any atom is 0.143 e. The van der Waals surface area contributed by atoms with Gasteiger partial charge in [-0.2, -0.15) is 0 Å². The first-order valence-corrected chi connectivity index (χ1v) is 6.62. The summed E-state index contributed by atoms with van der Waals surface area (Å²) in [4.78, 5) is 0. The van der Waals surface area contributed by atoms with Crippen LogP contribution in [0, 0.1) is 11.7 Å². The molecule has 96 valence electrons. The van der Waals surface area contributed by atoms with Gasteiger partial charge in [-0.05, 0) is 27.9 Å². The molecule has 0 saturated carbocycles. The van der Waals surface area contributed by atoms with Crippen molar-refractivity contribution in [2.75, 3.05) is 0 Å². The molecule has 2 unspecified atom stereocenters. The van der Waals surface area contributed by atoms with Crippen molar-refractivity contribution in [3.63, 3.8) is 0 Å². The monoisotopic (exact) mass is 304 g/mol. The van der Waals surface area contributed by atoms with Gasteiger partial charge in [0.1, 0.15) is 11.9 Å². The molecule has 0 amide bonds. The van der Waals surface area contributed by atoms with Gasteiger partial charge in [0.15, 0.2) is 0 Å². The summed E-state index contributed by atoms with van der Waals surface area (Å²) >= 11 is 3.07. The zero-order chi connectivity index (χ0) is 13.0. The van der Waals surface area contributed by atoms with Crippen molar-refractivity contribution < 1.29 is 14.6 Å². The molecular weight excluding hydrogens is 287 g/mol. The summed E-state index contributed by atoms with van der Waals surface area (Å²) in [5.41, 5.74) is 0.138. The molecule has 0 bridgehead atoms. The molecule has 2 nitrogen and oxygen atoms in total. The van der Waals surface area contributed by atoms with Gasteiger partial charge in [-0.25, -0.2) is 4.39 Å². The molecule has 0 heterocycles. The molecule has 17 heavy (non-hydrogen) atoms. The molecule has 0 aliphatic heterocycles. The summed E-state index contributed by atoms with van der Waals surface area (Å²) in [5.74, 6) is -0.534. The Bertz CT molecular complexity index is 366. The third-order valence-corrected chi connectivity index (χ3v) is 3.77. The molecule has 0 aliphatic carbocycles. The van der Waals surface area contributed by atoms with Gasteiger partial charge in [0, 0.05) is 5.56 Å². The topological polar surface area (TPSA) is 40.5 Å². The first-order valence-electron chi connectivity index (χ1n) is 5.82. The molecule has 0 aromatic heterocycles. The maximum atomic E-state index is 13.8. The van der Waals surface area contributed by atoms with Crippen LogP contribution in [-0.4, -0.2) is 16.3 Å². The van der Waals surface area contributed by atoms with Crippen molar-refractivity contribution in [3.05, 3.63) is 34.1 Å². The standard InChI is InChI=1S/C13H18BrFO2/c1-3-8(4-2)12(16)13(17)9-6-5-7-10(14)11(9)15/h5-8,12-13,16-17H,3-4H2,1-2H3. The Morgan fingerprint density at radius 1 is 1.24 bits per heavy atom. The second kappa shape index (κ2) is 6.47. The zero-order valence-corrected chi connectivity index (χ0v) is 11.6. The number of aliphatic hydroxyl groups excluding tert-OH is 2. The van der Waals surface area contributed by atoms with Crippen LogP contribution in [0.1, 0.15) is 38.4 Å². The minimum Gasteiger partial charge on any atom is -0.390 e. The zero-order valence-electron chi connectivity index (χ0n) is 10.0. The average Bonchev–Trinajstić information content (AvgIpc) is 2.33. The predicted octanol–water partition coefficient (Wildman–Crippen LogP) is 3.42. The molecule has 1 aromatic rings. The van der Waals surface area contributed by atoms with E-state index in [0.29, 0.717) is 4.47 Å². The van der Waals surface area contributed by atoms with Crippen molar-refractivity contribution >= 4 is 15.9 Å². The van der Waals surface area contributed by atoms with Gasteiger partial charge in [0.2, 0.25) is 0 Å². The van der Waals surface area contributed by atoms with Gasteiger partial charge in [0.05, 0.1) is 10.6 Å². The summed E-state index contributed by atoms with van der Waals surface area (Å²) in [6, 6.07) is 4.71. The SMILES string of the molecule is CCC(CC)C(O)C(O)c1cccc(Br)c1F. The van der Waals surface area contributed by atoms with Gasteiger partial charge >= 0.3 is 0 Å². The highest BCUT2D eigenvalue weighted by Gasteiger charge is 2.27. The summed E-state index contributed by atoms with van der Waals surface area (Å²) in [6.07, 6.45) is -0.611. The van der Waals surface area contributed by atoms with Gasteiger partial charge in [0.25, 0.3) is 0 Å². The van der Waals surface area contributed by atoms with Gasteiger partial charge < -0.3 is 10.2 Å². The van der Waals surface area contributed by atoms with E-state index in [1.165, 1.54) is 6.07 Å². The molecule has 0 radical (unpaired) electrons. The number of halogens is 2. The van der Waals surface area contributed by atoms with Crippen LogP contribution in [0.5, 0.6) is 0 Å². The maximum absolute atomic E-state index is 13.8. The van der Waals surface area contributed by atoms with E-state index in [1.807, 2.05) is 13.8 Å². The Labute approximate surface area is 110 Å². The van der Waals surface area contributed by atoms with Crippen LogP contribution >= 0.6 is 15.9 Å². The molecule has 1 rings (SSSR count). The van der Waals surface area contributed by atoms with Gasteiger partial charge in [-0.1, -0.05) is 38.8 Å². The average molecular weight is 305 g/mol. The fraction of sp³-hybridized carbons (Fsp3) is 0.538. The smallest absolute Gasteiger partial charge is 0.143 e. The van der Waals surface area contributed by atoms with Crippen LogP contribution in [-0.2, 0) is 0 Å². The van der Waals surface area contributed by atoms with Crippen molar-refractivity contribution in [3.8, 4) is 0 Å². The lowest BCUT2D eigenvalue weighted by Crippen LogP contribution is -2.27. The molecule has 0 saturated heterocycles. The fourth-order valence-electron chi connectivity index (χ4n) is 1.96. The number of hydrogen-bond donors (Lipinski definition) is 2. The normalized spacial score (nSPS) is 15.0. The quantitative estimate of drug-likeness (QED) is 0.875. The third-order valence-electron chi connectivity index (χ3n) is 3.16. The summed E-state index contributed by atoms with van der Waals surface area (Å²) < 4.78 is 14.1. The van der Waals surface area contributed by atoms with Crippen LogP contribution in [0.3, 0.4) is 0 Å². The number of rotatable bonds is 5. The molecule has 2 atom stereocenters. The van der Waals surface area contributed by atoms with Gasteiger partial charge in [-0.15, -0.1) is 0 Å². The number of hydrogen-bond acceptors (Lipinski definition) is 2. The lowest BCUT2D eigenvalue weighted by atomic mass is 9.89. The second-order valence-electron chi connectivity index (χ2n) is 4.16. The summed E-state index contributed by atoms with van der Waals surface area (Å²) in [7, 11) is 0. The van der Waals surface area contributed by atoms with Crippen molar-refractivity contribution in [1.29, 1.82) is 0 Å². The summed E-state index contributed by atoms with van der Waals surface area (Å²) in [5, 5.41) is 20.0. The lowest BCUT2D eigenvalue weighted by molar-refractivity contribution is -0.0226. The third kappa shape index (κ3) is 3.27. The Balaban J connectivity index is 2.95. The number of aliphatic hydroxyl groups is 2. The molecule has 4 heteroatoms. The highest BCUT2D eigenvalue weighted by molar-refractivity contribution is 9.10. The highest BCUT2D eigenvalue weighted by Crippen LogP contribution is 2.30. The van der Waals surface area contributed by atoms with Crippen LogP contribution in [0.25, 0.3) is 0 Å². The van der Waals surface area contributed by atoms with Crippen LogP contribution < -0.4 is 0 Å². The predicted molar refractivity (Wildman–Crippen MR) is 69.1 cm³/mol. The Hall–Kier alpha value is -0.450. The number of benzene rings is 1. The largest absolute Gasteiger partial charge is 0.390 e. The van der Waals surface area contributed by atoms with E-state index >= 15 is 0 Å². The molecule has 0 fully saturated rings. The van der Waals surface area contributed by atoms with E-state index in [9.17, 15) is 14.6 Å². The van der Waals surface area contributed by atoms with Crippen LogP contribution in [0.2, 0.25) is 0 Å². The van der Waals surface area contributed by atoms with E-state index in [4.69, 9.17) is 0 Å². The van der Waals surface area contributed by atoms with Crippen molar-refractivity contribution in [2.24, 2.45) is 5.92 Å². The molecule has 0 aliphatic rings. The van der Waals surface area contributed by atoms with Gasteiger partial charge in [-0.3, -0.25) is 0 Å².